The van der Waals surface area contributed by atoms with Crippen molar-refractivity contribution in [3.8, 4) is 5.75 Å². The van der Waals surface area contributed by atoms with E-state index in [4.69, 9.17) is 5.11 Å². The van der Waals surface area contributed by atoms with Crippen molar-refractivity contribution in [2.75, 3.05) is 0 Å². The molecule has 1 rings (SSSR count). The molecule has 64 valence electrons. The average Bonchev–Trinajstić information content (AvgIpc) is 2.07. The number of aryl methyl sites for hydroxylation is 1. The second-order valence-corrected chi connectivity index (χ2v) is 3.35. The molecule has 12 heavy (non-hydrogen) atoms. The number of hydrogen-bond donors (Lipinski definition) is 1. The zero-order valence-electron chi connectivity index (χ0n) is 6.46. The van der Waals surface area contributed by atoms with Gasteiger partial charge in [-0.3, -0.25) is 0 Å². The van der Waals surface area contributed by atoms with Crippen LogP contribution in [-0.4, -0.2) is 11.4 Å². The van der Waals surface area contributed by atoms with E-state index >= 15 is 0 Å². The van der Waals surface area contributed by atoms with Crippen LogP contribution in [0.1, 0.15) is 12.0 Å². The molecule has 0 radical (unpaired) electrons. The Morgan fingerprint density at radius 1 is 1.50 bits per heavy atom. The first-order chi connectivity index (χ1) is 5.74. The van der Waals surface area contributed by atoms with Crippen LogP contribution in [0.25, 0.3) is 0 Å². The van der Waals surface area contributed by atoms with Gasteiger partial charge in [-0.15, -0.1) is 0 Å². The van der Waals surface area contributed by atoms with Gasteiger partial charge in [0.15, 0.2) is 0 Å². The van der Waals surface area contributed by atoms with E-state index < -0.39 is 0 Å². The van der Waals surface area contributed by atoms with Crippen molar-refractivity contribution < 1.29 is 9.90 Å². The molecule has 0 spiro atoms. The Morgan fingerprint density at radius 3 is 2.83 bits per heavy atom. The molecule has 1 aromatic carbocycles. The summed E-state index contributed by atoms with van der Waals surface area (Å²) in [5.74, 6) is 0.227. The Balaban J connectivity index is 2.75. The molecule has 1 N–H and O–H groups in total. The highest BCUT2D eigenvalue weighted by Gasteiger charge is 1.98. The van der Waals surface area contributed by atoms with Crippen LogP contribution in [0, 0.1) is 0 Å². The maximum atomic E-state index is 10.1. The van der Waals surface area contributed by atoms with E-state index in [-0.39, 0.29) is 5.75 Å². The fraction of sp³-hybridized carbons (Fsp3) is 0.222. The van der Waals surface area contributed by atoms with Crippen LogP contribution in [-0.2, 0) is 11.2 Å². The number of rotatable bonds is 3. The van der Waals surface area contributed by atoms with E-state index in [2.05, 4.69) is 15.9 Å². The van der Waals surface area contributed by atoms with E-state index in [1.165, 1.54) is 0 Å². The largest absolute Gasteiger partial charge is 0.507 e. The molecule has 0 saturated carbocycles. The number of halogens is 1. The van der Waals surface area contributed by atoms with E-state index in [0.29, 0.717) is 10.9 Å². The predicted molar refractivity (Wildman–Crippen MR) is 50.2 cm³/mol. The molecule has 0 fully saturated rings. The molecule has 0 heterocycles. The first-order valence-electron chi connectivity index (χ1n) is 3.65. The standard InChI is InChI=1S/C9H9BrO2/c10-8-6-7(2-1-5-11)3-4-9(8)12/h3-6,12H,1-2H2. The number of hydrogen-bond acceptors (Lipinski definition) is 2. The molecule has 0 unspecified atom stereocenters. The number of aldehydes is 1. The minimum atomic E-state index is 0.227. The van der Waals surface area contributed by atoms with Crippen molar-refractivity contribution in [2.45, 2.75) is 12.8 Å². The molecule has 0 aliphatic heterocycles. The van der Waals surface area contributed by atoms with Gasteiger partial charge in [-0.1, -0.05) is 6.07 Å². The molecular weight excluding hydrogens is 220 g/mol. The van der Waals surface area contributed by atoms with Gasteiger partial charge in [0, 0.05) is 6.42 Å². The van der Waals surface area contributed by atoms with Crippen molar-refractivity contribution in [1.29, 1.82) is 0 Å². The SMILES string of the molecule is O=CCCc1ccc(O)c(Br)c1. The summed E-state index contributed by atoms with van der Waals surface area (Å²) in [5, 5.41) is 9.15. The van der Waals surface area contributed by atoms with Gasteiger partial charge in [-0.2, -0.15) is 0 Å². The minimum absolute atomic E-state index is 0.227. The van der Waals surface area contributed by atoms with Crippen LogP contribution in [0.3, 0.4) is 0 Å². The molecule has 0 aliphatic carbocycles. The molecule has 3 heteroatoms. The summed E-state index contributed by atoms with van der Waals surface area (Å²) in [6, 6.07) is 5.24. The third-order valence-electron chi connectivity index (χ3n) is 1.56. The van der Waals surface area contributed by atoms with Gasteiger partial charge in [-0.25, -0.2) is 0 Å². The smallest absolute Gasteiger partial charge is 0.129 e. The number of aromatic hydroxyl groups is 1. The van der Waals surface area contributed by atoms with Crippen LogP contribution < -0.4 is 0 Å². The van der Waals surface area contributed by atoms with Crippen LogP contribution in [0.2, 0.25) is 0 Å². The second-order valence-electron chi connectivity index (χ2n) is 2.49. The van der Waals surface area contributed by atoms with Crippen LogP contribution >= 0.6 is 15.9 Å². The van der Waals surface area contributed by atoms with Crippen molar-refractivity contribution >= 4 is 22.2 Å². The van der Waals surface area contributed by atoms with E-state index in [1.54, 1.807) is 6.07 Å². The predicted octanol–water partition coefficient (Wildman–Crippen LogP) is 2.29. The quantitative estimate of drug-likeness (QED) is 0.807. The first kappa shape index (κ1) is 9.26. The highest BCUT2D eigenvalue weighted by molar-refractivity contribution is 9.10. The normalized spacial score (nSPS) is 9.75. The van der Waals surface area contributed by atoms with Crippen LogP contribution in [0.5, 0.6) is 5.75 Å². The number of phenolic OH excluding ortho intramolecular Hbond substituents is 1. The van der Waals surface area contributed by atoms with Gasteiger partial charge >= 0.3 is 0 Å². The molecule has 1 aromatic rings. The lowest BCUT2D eigenvalue weighted by molar-refractivity contribution is -0.107. The maximum absolute atomic E-state index is 10.1. The highest BCUT2D eigenvalue weighted by atomic mass is 79.9. The van der Waals surface area contributed by atoms with E-state index in [1.807, 2.05) is 12.1 Å². The van der Waals surface area contributed by atoms with Gasteiger partial charge in [0.25, 0.3) is 0 Å². The molecular formula is C9H9BrO2. The number of carbonyl (C=O) groups is 1. The van der Waals surface area contributed by atoms with Gasteiger partial charge in [0.2, 0.25) is 0 Å². The molecule has 0 atom stereocenters. The van der Waals surface area contributed by atoms with Gasteiger partial charge in [0.05, 0.1) is 4.47 Å². The number of carbonyl (C=O) groups excluding carboxylic acids is 1. The summed E-state index contributed by atoms with van der Waals surface area (Å²) >= 11 is 3.20. The lowest BCUT2D eigenvalue weighted by Gasteiger charge is -2.00. The summed E-state index contributed by atoms with van der Waals surface area (Å²) in [4.78, 5) is 10.1. The number of benzene rings is 1. The Bertz CT molecular complexity index is 284. The van der Waals surface area contributed by atoms with Crippen molar-refractivity contribution in [3.05, 3.63) is 28.2 Å². The minimum Gasteiger partial charge on any atom is -0.507 e. The lowest BCUT2D eigenvalue weighted by atomic mass is 10.1. The van der Waals surface area contributed by atoms with Gasteiger partial charge in [-0.05, 0) is 40.0 Å². The molecule has 0 aromatic heterocycles. The third kappa shape index (κ3) is 2.34. The first-order valence-corrected chi connectivity index (χ1v) is 4.44. The Morgan fingerprint density at radius 2 is 2.25 bits per heavy atom. The molecule has 0 amide bonds. The topological polar surface area (TPSA) is 37.3 Å². The fourth-order valence-corrected chi connectivity index (χ4v) is 1.36. The Kier molecular flexibility index (Phi) is 3.29. The van der Waals surface area contributed by atoms with Gasteiger partial charge < -0.3 is 9.90 Å². The summed E-state index contributed by atoms with van der Waals surface area (Å²) in [7, 11) is 0. The van der Waals surface area contributed by atoms with E-state index in [9.17, 15) is 4.79 Å². The average molecular weight is 229 g/mol. The molecule has 2 nitrogen and oxygen atoms in total. The summed E-state index contributed by atoms with van der Waals surface area (Å²) < 4.78 is 0.672. The Labute approximate surface area is 79.3 Å². The number of phenols is 1. The zero-order valence-corrected chi connectivity index (χ0v) is 8.04. The van der Waals surface area contributed by atoms with Crippen molar-refractivity contribution in [1.82, 2.24) is 0 Å². The Hall–Kier alpha value is -0.830. The summed E-state index contributed by atoms with van der Waals surface area (Å²) in [6.07, 6.45) is 2.14. The van der Waals surface area contributed by atoms with Crippen molar-refractivity contribution in [2.24, 2.45) is 0 Å². The maximum Gasteiger partial charge on any atom is 0.129 e. The molecule has 0 saturated heterocycles. The summed E-state index contributed by atoms with van der Waals surface area (Å²) in [6.45, 7) is 0. The highest BCUT2D eigenvalue weighted by Crippen LogP contribution is 2.24. The van der Waals surface area contributed by atoms with Gasteiger partial charge in [0.1, 0.15) is 12.0 Å². The summed E-state index contributed by atoms with van der Waals surface area (Å²) in [5.41, 5.74) is 1.05. The second kappa shape index (κ2) is 4.26. The zero-order chi connectivity index (χ0) is 8.97. The lowest BCUT2D eigenvalue weighted by Crippen LogP contribution is -1.85. The van der Waals surface area contributed by atoms with Crippen LogP contribution in [0.15, 0.2) is 22.7 Å². The van der Waals surface area contributed by atoms with Crippen LogP contribution in [0.4, 0.5) is 0 Å². The van der Waals surface area contributed by atoms with E-state index in [0.717, 1.165) is 18.3 Å². The third-order valence-corrected chi connectivity index (χ3v) is 2.20. The fourth-order valence-electron chi connectivity index (χ4n) is 0.932. The monoisotopic (exact) mass is 228 g/mol. The molecule has 0 aliphatic rings. The van der Waals surface area contributed by atoms with Crippen molar-refractivity contribution in [3.63, 3.8) is 0 Å². The molecule has 0 bridgehead atoms.